The number of Topliss-reactive ketones (excluding diaryl/α,β-unsaturated/α-hetero) is 2. The molecule has 0 aromatic carbocycles. The monoisotopic (exact) mass is 564 g/mol. The Morgan fingerprint density at radius 3 is 2.17 bits per heavy atom. The second kappa shape index (κ2) is 9.78. The van der Waals surface area contributed by atoms with E-state index in [0.29, 0.717) is 18.4 Å². The number of carbonyl (C=O) groups is 3. The second-order valence-electron chi connectivity index (χ2n) is 14.7. The molecule has 10 atom stereocenters. The number of hydrogen-bond acceptors (Lipinski definition) is 9. The van der Waals surface area contributed by atoms with Crippen LogP contribution in [0.4, 0.5) is 0 Å². The van der Waals surface area contributed by atoms with Crippen LogP contribution in [0.15, 0.2) is 11.6 Å². The summed E-state index contributed by atoms with van der Waals surface area (Å²) in [6.45, 7) is 9.49. The zero-order chi connectivity index (χ0) is 30.3. The van der Waals surface area contributed by atoms with Gasteiger partial charge in [0.05, 0.1) is 29.8 Å². The minimum absolute atomic E-state index is 0.00730. The Morgan fingerprint density at radius 1 is 0.975 bits per heavy atom. The van der Waals surface area contributed by atoms with E-state index in [4.69, 9.17) is 0 Å². The van der Waals surface area contributed by atoms with E-state index in [-0.39, 0.29) is 50.2 Å². The molecule has 0 spiro atoms. The highest BCUT2D eigenvalue weighted by Crippen LogP contribution is 2.69. The normalized spacial score (nSPS) is 42.5. The van der Waals surface area contributed by atoms with Gasteiger partial charge in [0.2, 0.25) is 0 Å². The van der Waals surface area contributed by atoms with Crippen LogP contribution in [0.25, 0.3) is 0 Å². The molecule has 9 heteroatoms. The van der Waals surface area contributed by atoms with Gasteiger partial charge in [-0.25, -0.2) is 0 Å². The molecule has 0 aromatic rings. The van der Waals surface area contributed by atoms with Crippen LogP contribution in [0.3, 0.4) is 0 Å². The zero-order valence-electron chi connectivity index (χ0n) is 24.7. The lowest BCUT2D eigenvalue weighted by Gasteiger charge is -2.61. The molecule has 4 aliphatic carbocycles. The molecule has 0 heterocycles. The van der Waals surface area contributed by atoms with Crippen molar-refractivity contribution in [2.75, 3.05) is 0 Å². The van der Waals surface area contributed by atoms with Crippen molar-refractivity contribution in [2.24, 2.45) is 28.6 Å². The first-order valence-corrected chi connectivity index (χ1v) is 14.7. The number of allylic oxidation sites excluding steroid dienone is 1. The Balaban J connectivity index is 1.75. The fraction of sp³-hybridized carbons (Fsp3) is 0.839. The summed E-state index contributed by atoms with van der Waals surface area (Å²) in [6, 6.07) is 0. The lowest BCUT2D eigenvalue weighted by Crippen LogP contribution is -2.67. The molecule has 0 bridgehead atoms. The van der Waals surface area contributed by atoms with E-state index in [1.165, 1.54) is 33.8 Å². The highest BCUT2D eigenvalue weighted by atomic mass is 16.4. The number of aliphatic hydroxyl groups is 6. The number of rotatable bonds is 8. The van der Waals surface area contributed by atoms with Gasteiger partial charge in [0.1, 0.15) is 11.4 Å². The van der Waals surface area contributed by atoms with Crippen LogP contribution in [0.5, 0.6) is 0 Å². The smallest absolute Gasteiger partial charge is 0.174 e. The summed E-state index contributed by atoms with van der Waals surface area (Å²) in [5.74, 6) is -2.92. The Kier molecular flexibility index (Phi) is 7.69. The lowest BCUT2D eigenvalue weighted by molar-refractivity contribution is -0.213. The minimum Gasteiger partial charge on any atom is -0.390 e. The van der Waals surface area contributed by atoms with Crippen LogP contribution in [0, 0.1) is 28.6 Å². The summed E-state index contributed by atoms with van der Waals surface area (Å²) in [5, 5.41) is 67.7. The average molecular weight is 565 g/mol. The van der Waals surface area contributed by atoms with Gasteiger partial charge < -0.3 is 30.6 Å². The topological polar surface area (TPSA) is 173 Å². The first-order chi connectivity index (χ1) is 18.1. The van der Waals surface area contributed by atoms with Crippen LogP contribution in [0.2, 0.25) is 0 Å². The van der Waals surface area contributed by atoms with Gasteiger partial charge in [-0.2, -0.15) is 0 Å². The van der Waals surface area contributed by atoms with Crippen LogP contribution in [0.1, 0.15) is 99.3 Å². The van der Waals surface area contributed by atoms with Crippen molar-refractivity contribution in [3.8, 4) is 0 Å². The van der Waals surface area contributed by atoms with E-state index in [0.717, 1.165) is 0 Å². The van der Waals surface area contributed by atoms with E-state index >= 15 is 0 Å². The standard InChI is InChI=1S/C31H48O9/c1-17(32)13-25(36)31(40,12-11-26(2,3)37)29(6,38)24-8-10-30(39)19-14-21(33)20-15-22(34)23(35)16-27(20,4)18(19)7-9-28(24,30)5/h14,18,20,22-24,34-35,37-40H,7-13,15-16H2,1-6H3/t18?,20-,22+,23-,24+,27+,28+,29?,30+,31-/m0/s1. The van der Waals surface area contributed by atoms with E-state index in [9.17, 15) is 45.0 Å². The van der Waals surface area contributed by atoms with E-state index in [1.54, 1.807) is 0 Å². The van der Waals surface area contributed by atoms with Crippen molar-refractivity contribution >= 4 is 17.3 Å². The van der Waals surface area contributed by atoms with Gasteiger partial charge >= 0.3 is 0 Å². The SMILES string of the molecule is CC(=O)CC(=O)[C@@](O)(CCC(C)(C)O)C(C)(O)[C@@H]1CC[C@@]2(O)C3=CC(=O)[C@@H]4C[C@@H](O)[C@@H](O)C[C@]4(C)C3CC[C@]12C. The third-order valence-corrected chi connectivity index (χ3v) is 11.6. The molecular formula is C31H48O9. The molecule has 3 saturated carbocycles. The summed E-state index contributed by atoms with van der Waals surface area (Å²) in [6.07, 6.45) is 0.573. The predicted octanol–water partition coefficient (Wildman–Crippen LogP) is 1.77. The highest BCUT2D eigenvalue weighted by Gasteiger charge is 2.71. The third kappa shape index (κ3) is 4.56. The molecule has 3 fully saturated rings. The molecule has 0 aromatic heterocycles. The molecular weight excluding hydrogens is 516 g/mol. The molecule has 40 heavy (non-hydrogen) atoms. The first kappa shape index (κ1) is 31.4. The summed E-state index contributed by atoms with van der Waals surface area (Å²) >= 11 is 0. The second-order valence-corrected chi connectivity index (χ2v) is 14.7. The van der Waals surface area contributed by atoms with Crippen molar-refractivity contribution < 1.29 is 45.0 Å². The Labute approximate surface area is 236 Å². The summed E-state index contributed by atoms with van der Waals surface area (Å²) in [4.78, 5) is 38.7. The van der Waals surface area contributed by atoms with Crippen molar-refractivity contribution in [1.29, 1.82) is 0 Å². The number of fused-ring (bicyclic) bond motifs is 5. The van der Waals surface area contributed by atoms with Gasteiger partial charge in [-0.15, -0.1) is 0 Å². The number of aliphatic hydroxyl groups excluding tert-OH is 2. The fourth-order valence-electron chi connectivity index (χ4n) is 9.09. The van der Waals surface area contributed by atoms with E-state index in [2.05, 4.69) is 0 Å². The molecule has 2 unspecified atom stereocenters. The third-order valence-electron chi connectivity index (χ3n) is 11.6. The largest absolute Gasteiger partial charge is 0.390 e. The molecule has 4 aliphatic rings. The van der Waals surface area contributed by atoms with Crippen molar-refractivity contribution in [2.45, 2.75) is 134 Å². The Bertz CT molecular complexity index is 1100. The van der Waals surface area contributed by atoms with Gasteiger partial charge in [-0.1, -0.05) is 13.8 Å². The van der Waals surface area contributed by atoms with Crippen molar-refractivity contribution in [3.63, 3.8) is 0 Å². The van der Waals surface area contributed by atoms with Crippen LogP contribution >= 0.6 is 0 Å². The van der Waals surface area contributed by atoms with E-state index < -0.39 is 75.3 Å². The van der Waals surface area contributed by atoms with Crippen LogP contribution < -0.4 is 0 Å². The van der Waals surface area contributed by atoms with Gasteiger partial charge in [0, 0.05) is 11.3 Å². The number of carbonyl (C=O) groups excluding carboxylic acids is 3. The van der Waals surface area contributed by atoms with Crippen LogP contribution in [-0.4, -0.2) is 82.6 Å². The van der Waals surface area contributed by atoms with Gasteiger partial charge in [-0.3, -0.25) is 14.4 Å². The van der Waals surface area contributed by atoms with E-state index in [1.807, 2.05) is 13.8 Å². The van der Waals surface area contributed by atoms with Gasteiger partial charge in [0.25, 0.3) is 0 Å². The maximum absolute atomic E-state index is 13.4. The Hall–Kier alpha value is -1.49. The number of ketones is 3. The number of hydrogen-bond donors (Lipinski definition) is 6. The molecule has 226 valence electrons. The molecule has 0 radical (unpaired) electrons. The van der Waals surface area contributed by atoms with Crippen molar-refractivity contribution in [1.82, 2.24) is 0 Å². The maximum atomic E-state index is 13.4. The maximum Gasteiger partial charge on any atom is 0.174 e. The average Bonchev–Trinajstić information content (AvgIpc) is 3.10. The summed E-state index contributed by atoms with van der Waals surface area (Å²) in [7, 11) is 0. The lowest BCUT2D eigenvalue weighted by atomic mass is 9.45. The summed E-state index contributed by atoms with van der Waals surface area (Å²) in [5.41, 5.74) is -8.26. The fourth-order valence-corrected chi connectivity index (χ4v) is 9.09. The molecule has 0 aliphatic heterocycles. The minimum atomic E-state index is -2.36. The van der Waals surface area contributed by atoms with Crippen molar-refractivity contribution in [3.05, 3.63) is 11.6 Å². The zero-order valence-corrected chi connectivity index (χ0v) is 24.7. The molecule has 4 rings (SSSR count). The molecule has 6 N–H and O–H groups in total. The molecule has 9 nitrogen and oxygen atoms in total. The quantitative estimate of drug-likeness (QED) is 0.240. The van der Waals surface area contributed by atoms with Crippen LogP contribution in [-0.2, 0) is 14.4 Å². The van der Waals surface area contributed by atoms with Gasteiger partial charge in [-0.05, 0) is 108 Å². The predicted molar refractivity (Wildman–Crippen MR) is 146 cm³/mol. The Morgan fingerprint density at radius 2 is 1.60 bits per heavy atom. The molecule has 0 saturated heterocycles. The van der Waals surface area contributed by atoms with Gasteiger partial charge in [0.15, 0.2) is 17.2 Å². The molecule has 0 amide bonds. The first-order valence-electron chi connectivity index (χ1n) is 14.7. The highest BCUT2D eigenvalue weighted by molar-refractivity contribution is 6.02. The summed E-state index contributed by atoms with van der Waals surface area (Å²) < 4.78 is 0.